The third kappa shape index (κ3) is 34.9. The van der Waals surface area contributed by atoms with Crippen LogP contribution < -0.4 is 0 Å². The molecule has 3 saturated carbocycles. The summed E-state index contributed by atoms with van der Waals surface area (Å²) in [7, 11) is 0. The first kappa shape index (κ1) is 48.4. The smallest absolute Gasteiger partial charge is 0.0360 e. The van der Waals surface area contributed by atoms with E-state index >= 15 is 0 Å². The molecule has 0 amide bonds. The molecule has 3 fully saturated rings. The van der Waals surface area contributed by atoms with Crippen LogP contribution in [-0.2, 0) is 0 Å². The van der Waals surface area contributed by atoms with Crippen molar-refractivity contribution >= 4 is 0 Å². The fourth-order valence-electron chi connectivity index (χ4n) is 4.69. The molecule has 270 valence electrons. The average Bonchev–Trinajstić information content (AvgIpc) is 3.71. The molecule has 0 aromatic heterocycles. The van der Waals surface area contributed by atoms with E-state index in [9.17, 15) is 0 Å². The van der Waals surface area contributed by atoms with Crippen molar-refractivity contribution in [1.29, 1.82) is 0 Å². The van der Waals surface area contributed by atoms with Gasteiger partial charge in [-0.2, -0.15) is 0 Å². The Kier molecular flexibility index (Phi) is 30.9. The minimum atomic E-state index is 0.500. The average molecular weight is 623 g/mol. The molecule has 0 nitrogen and oxygen atoms in total. The van der Waals surface area contributed by atoms with Gasteiger partial charge in [0, 0.05) is 0 Å². The quantitative estimate of drug-likeness (QED) is 0.253. The monoisotopic (exact) mass is 623 g/mol. The predicted octanol–water partition coefficient (Wildman–Crippen LogP) is 16.2. The second-order valence-electron chi connectivity index (χ2n) is 18.8. The second-order valence-corrected chi connectivity index (χ2v) is 18.8. The number of hydrogen-bond acceptors (Lipinski definition) is 0. The van der Waals surface area contributed by atoms with Crippen LogP contribution in [0.3, 0.4) is 0 Å². The molecule has 0 radical (unpaired) electrons. The van der Waals surface area contributed by atoms with Gasteiger partial charge in [0.1, 0.15) is 0 Å². The molecular weight excluding hydrogens is 528 g/mol. The highest BCUT2D eigenvalue weighted by Crippen LogP contribution is 2.35. The van der Waals surface area contributed by atoms with Gasteiger partial charge in [-0.25, -0.2) is 0 Å². The van der Waals surface area contributed by atoms with E-state index in [0.717, 1.165) is 65.1 Å². The Morgan fingerprint density at radius 3 is 0.955 bits per heavy atom. The lowest BCUT2D eigenvalue weighted by atomic mass is 9.80. The van der Waals surface area contributed by atoms with Crippen LogP contribution in [0.4, 0.5) is 0 Å². The molecule has 0 bridgehead atoms. The molecule has 44 heavy (non-hydrogen) atoms. The fourth-order valence-corrected chi connectivity index (χ4v) is 4.69. The molecule has 0 N–H and O–H groups in total. The minimum absolute atomic E-state index is 0.500. The Hall–Kier alpha value is 0. The van der Waals surface area contributed by atoms with Gasteiger partial charge in [0.2, 0.25) is 0 Å². The molecule has 0 saturated heterocycles. The molecular formula is C44H94. The number of rotatable bonds is 8. The maximum atomic E-state index is 2.36. The Balaban J connectivity index is -0.000000461. The predicted molar refractivity (Wildman–Crippen MR) is 209 cm³/mol. The molecule has 0 heteroatoms. The van der Waals surface area contributed by atoms with Crippen molar-refractivity contribution in [2.75, 3.05) is 0 Å². The molecule has 3 aliphatic rings. The van der Waals surface area contributed by atoms with Crippen LogP contribution >= 0.6 is 0 Å². The summed E-state index contributed by atoms with van der Waals surface area (Å²) >= 11 is 0. The lowest BCUT2D eigenvalue weighted by Gasteiger charge is -2.26. The van der Waals surface area contributed by atoms with Crippen LogP contribution in [0.25, 0.3) is 0 Å². The van der Waals surface area contributed by atoms with Gasteiger partial charge in [-0.05, 0) is 83.4 Å². The van der Waals surface area contributed by atoms with E-state index in [-0.39, 0.29) is 0 Å². The van der Waals surface area contributed by atoms with Crippen LogP contribution in [-0.4, -0.2) is 0 Å². The number of hydrogen-bond donors (Lipinski definition) is 0. The standard InChI is InChI=1S/C9H18.C8H16.C7H14.2C7H16.C6H14/c1-8(2)9-6-4-3-5-7-9;1-7(2)6-8-4-3-5-8;1-6(2)5-7-3-4-7;1-6(2)7(3,4)5;1-5-7(4)6(2)3;1-5(2)6(3)4/h8-9H,3-7H2,1-2H3;7-8H,3-6H2,1-2H3;6-7H,3-5H2,1-2H3;6H,1-5H3;6-7H,5H2,1-4H3;5-6H,1-4H3. The first-order valence-electron chi connectivity index (χ1n) is 20.1. The summed E-state index contributed by atoms with van der Waals surface area (Å²) in [4.78, 5) is 0. The summed E-state index contributed by atoms with van der Waals surface area (Å²) < 4.78 is 0. The Bertz CT molecular complexity index is 549. The zero-order chi connectivity index (χ0) is 35.0. The normalized spacial score (nSPS) is 17.9. The van der Waals surface area contributed by atoms with Crippen molar-refractivity contribution in [1.82, 2.24) is 0 Å². The Morgan fingerprint density at radius 1 is 0.477 bits per heavy atom. The van der Waals surface area contributed by atoms with E-state index in [1.54, 1.807) is 0 Å². The lowest BCUT2D eigenvalue weighted by molar-refractivity contribution is 0.264. The van der Waals surface area contributed by atoms with E-state index in [0.29, 0.717) is 5.41 Å². The summed E-state index contributed by atoms with van der Waals surface area (Å²) in [5, 5.41) is 0. The van der Waals surface area contributed by atoms with Crippen molar-refractivity contribution in [3.8, 4) is 0 Å². The van der Waals surface area contributed by atoms with Gasteiger partial charge in [0.25, 0.3) is 0 Å². The first-order valence-corrected chi connectivity index (χ1v) is 20.1. The van der Waals surface area contributed by atoms with Crippen LogP contribution in [0.2, 0.25) is 0 Å². The maximum absolute atomic E-state index is 2.36. The summed E-state index contributed by atoms with van der Waals surface area (Å²) in [5.41, 5.74) is 0.500. The molecule has 0 aromatic rings. The Labute approximate surface area is 284 Å². The third-order valence-corrected chi connectivity index (χ3v) is 11.0. The minimum Gasteiger partial charge on any atom is -0.0651 e. The van der Waals surface area contributed by atoms with Crippen LogP contribution in [0.5, 0.6) is 0 Å². The fraction of sp³-hybridized carbons (Fsp3) is 1.00. The van der Waals surface area contributed by atoms with Crippen molar-refractivity contribution < 1.29 is 0 Å². The van der Waals surface area contributed by atoms with Gasteiger partial charge in [-0.3, -0.25) is 0 Å². The molecule has 0 spiro atoms. The second kappa shape index (κ2) is 28.1. The molecule has 3 aliphatic carbocycles. The highest BCUT2D eigenvalue weighted by atomic mass is 14.3. The van der Waals surface area contributed by atoms with Gasteiger partial charge in [0.15, 0.2) is 0 Å². The first-order chi connectivity index (χ1) is 20.1. The molecule has 0 heterocycles. The van der Waals surface area contributed by atoms with Crippen molar-refractivity contribution in [3.63, 3.8) is 0 Å². The molecule has 3 rings (SSSR count). The summed E-state index contributed by atoms with van der Waals surface area (Å²) in [6.07, 6.45) is 19.3. The maximum Gasteiger partial charge on any atom is -0.0360 e. The van der Waals surface area contributed by atoms with E-state index < -0.39 is 0 Å². The largest absolute Gasteiger partial charge is 0.0651 e. The van der Waals surface area contributed by atoms with Gasteiger partial charge in [-0.1, -0.05) is 202 Å². The highest BCUT2D eigenvalue weighted by Gasteiger charge is 2.21. The molecule has 1 unspecified atom stereocenters. The molecule has 0 aromatic carbocycles. The molecule has 0 aliphatic heterocycles. The van der Waals surface area contributed by atoms with Crippen molar-refractivity contribution in [2.24, 2.45) is 70.5 Å². The van der Waals surface area contributed by atoms with Gasteiger partial charge < -0.3 is 0 Å². The SMILES string of the molecule is CC(C)C(C)(C)C.CC(C)C(C)C.CC(C)C1CCCCC1.CC(C)CC1CC1.CC(C)CC1CCC1.CCC(C)C(C)C. The summed E-state index contributed by atoms with van der Waals surface area (Å²) in [6, 6.07) is 0. The van der Waals surface area contributed by atoms with Gasteiger partial charge >= 0.3 is 0 Å². The zero-order valence-corrected chi connectivity index (χ0v) is 35.0. The highest BCUT2D eigenvalue weighted by molar-refractivity contribution is 4.73. The summed E-state index contributed by atoms with van der Waals surface area (Å²) in [6.45, 7) is 43.3. The Morgan fingerprint density at radius 2 is 0.841 bits per heavy atom. The molecule has 1 atom stereocenters. The third-order valence-electron chi connectivity index (χ3n) is 11.0. The van der Waals surface area contributed by atoms with Gasteiger partial charge in [0.05, 0.1) is 0 Å². The van der Waals surface area contributed by atoms with Crippen molar-refractivity contribution in [3.05, 3.63) is 0 Å². The van der Waals surface area contributed by atoms with Gasteiger partial charge in [-0.15, -0.1) is 0 Å². The van der Waals surface area contributed by atoms with Crippen LogP contribution in [0.15, 0.2) is 0 Å². The zero-order valence-electron chi connectivity index (χ0n) is 35.0. The van der Waals surface area contributed by atoms with E-state index in [1.807, 2.05) is 0 Å². The lowest BCUT2D eigenvalue weighted by Crippen LogP contribution is -2.12. The van der Waals surface area contributed by atoms with Crippen LogP contribution in [0.1, 0.15) is 215 Å². The van der Waals surface area contributed by atoms with E-state index in [1.165, 1.54) is 83.5 Å². The summed E-state index contributed by atoms with van der Waals surface area (Å²) in [5.74, 6) is 10.4. The van der Waals surface area contributed by atoms with Crippen molar-refractivity contribution in [2.45, 2.75) is 215 Å². The topological polar surface area (TPSA) is 0 Å². The van der Waals surface area contributed by atoms with E-state index in [2.05, 4.69) is 132 Å². The van der Waals surface area contributed by atoms with Crippen LogP contribution in [0, 0.1) is 70.5 Å². The van der Waals surface area contributed by atoms with E-state index in [4.69, 9.17) is 0 Å².